The molecule has 2 N–H and O–H groups in total. The van der Waals surface area contributed by atoms with Gasteiger partial charge in [-0.05, 0) is 47.6 Å². The SMILES string of the molecule is Cc1ccc([C@H](N)C2CCC2)c2ccccc12.Cl. The first-order valence-corrected chi connectivity index (χ1v) is 6.51. The van der Waals surface area contributed by atoms with E-state index < -0.39 is 0 Å². The Labute approximate surface area is 115 Å². The van der Waals surface area contributed by atoms with Crippen LogP contribution in [0.15, 0.2) is 36.4 Å². The predicted molar refractivity (Wildman–Crippen MR) is 80.2 cm³/mol. The van der Waals surface area contributed by atoms with Crippen LogP contribution in [0.4, 0.5) is 0 Å². The summed E-state index contributed by atoms with van der Waals surface area (Å²) >= 11 is 0. The van der Waals surface area contributed by atoms with E-state index >= 15 is 0 Å². The van der Waals surface area contributed by atoms with Crippen LogP contribution in [0.5, 0.6) is 0 Å². The highest BCUT2D eigenvalue weighted by atomic mass is 35.5. The largest absolute Gasteiger partial charge is 0.324 e. The average molecular weight is 262 g/mol. The van der Waals surface area contributed by atoms with Gasteiger partial charge in [0.05, 0.1) is 0 Å². The maximum atomic E-state index is 6.42. The second kappa shape index (κ2) is 5.29. The molecule has 18 heavy (non-hydrogen) atoms. The van der Waals surface area contributed by atoms with E-state index in [4.69, 9.17) is 5.73 Å². The lowest BCUT2D eigenvalue weighted by Gasteiger charge is -2.32. The summed E-state index contributed by atoms with van der Waals surface area (Å²) in [4.78, 5) is 0. The predicted octanol–water partition coefficient (Wildman–Crippen LogP) is 4.37. The van der Waals surface area contributed by atoms with E-state index in [1.807, 2.05) is 0 Å². The maximum absolute atomic E-state index is 6.42. The Morgan fingerprint density at radius 2 is 1.72 bits per heavy atom. The molecule has 1 fully saturated rings. The number of fused-ring (bicyclic) bond motifs is 1. The Hall–Kier alpha value is -1.05. The van der Waals surface area contributed by atoms with E-state index in [2.05, 4.69) is 43.3 Å². The van der Waals surface area contributed by atoms with Crippen molar-refractivity contribution in [1.82, 2.24) is 0 Å². The van der Waals surface area contributed by atoms with Crippen LogP contribution in [0.25, 0.3) is 10.8 Å². The Morgan fingerprint density at radius 1 is 1.06 bits per heavy atom. The minimum absolute atomic E-state index is 0. The minimum atomic E-state index is 0. The third-order valence-electron chi connectivity index (χ3n) is 4.19. The Morgan fingerprint density at radius 3 is 2.33 bits per heavy atom. The Kier molecular flexibility index (Phi) is 3.94. The number of halogens is 1. The van der Waals surface area contributed by atoms with E-state index in [-0.39, 0.29) is 18.4 Å². The molecule has 0 aromatic heterocycles. The lowest BCUT2D eigenvalue weighted by molar-refractivity contribution is 0.265. The number of aryl methyl sites for hydroxylation is 1. The second-order valence-electron chi connectivity index (χ2n) is 5.23. The van der Waals surface area contributed by atoms with Gasteiger partial charge in [0.1, 0.15) is 0 Å². The van der Waals surface area contributed by atoms with Crippen molar-refractivity contribution in [2.75, 3.05) is 0 Å². The Balaban J connectivity index is 0.00000120. The summed E-state index contributed by atoms with van der Waals surface area (Å²) in [5.41, 5.74) is 9.08. The van der Waals surface area contributed by atoms with Crippen LogP contribution in [0.2, 0.25) is 0 Å². The Bertz CT molecular complexity index is 546. The van der Waals surface area contributed by atoms with Gasteiger partial charge < -0.3 is 5.73 Å². The van der Waals surface area contributed by atoms with Crippen LogP contribution in [-0.4, -0.2) is 0 Å². The summed E-state index contributed by atoms with van der Waals surface area (Å²) in [6.45, 7) is 2.17. The van der Waals surface area contributed by atoms with Crippen LogP contribution in [0.1, 0.15) is 36.4 Å². The summed E-state index contributed by atoms with van der Waals surface area (Å²) in [5, 5.41) is 2.69. The lowest BCUT2D eigenvalue weighted by Crippen LogP contribution is -2.27. The van der Waals surface area contributed by atoms with Gasteiger partial charge >= 0.3 is 0 Å². The van der Waals surface area contributed by atoms with Crippen molar-refractivity contribution < 1.29 is 0 Å². The number of rotatable bonds is 2. The van der Waals surface area contributed by atoms with Crippen LogP contribution in [0.3, 0.4) is 0 Å². The molecule has 0 saturated heterocycles. The van der Waals surface area contributed by atoms with Gasteiger partial charge in [-0.1, -0.05) is 42.8 Å². The van der Waals surface area contributed by atoms with Crippen molar-refractivity contribution in [2.45, 2.75) is 32.2 Å². The van der Waals surface area contributed by atoms with Crippen molar-refractivity contribution >= 4 is 23.2 Å². The van der Waals surface area contributed by atoms with Gasteiger partial charge in [0.2, 0.25) is 0 Å². The zero-order chi connectivity index (χ0) is 11.8. The fraction of sp³-hybridized carbons (Fsp3) is 0.375. The van der Waals surface area contributed by atoms with E-state index in [0.717, 1.165) is 0 Å². The van der Waals surface area contributed by atoms with Gasteiger partial charge in [0.15, 0.2) is 0 Å². The van der Waals surface area contributed by atoms with Crippen molar-refractivity contribution in [3.63, 3.8) is 0 Å². The molecule has 1 aliphatic carbocycles. The molecule has 96 valence electrons. The van der Waals surface area contributed by atoms with Crippen LogP contribution < -0.4 is 5.73 Å². The number of hydrogen-bond donors (Lipinski definition) is 1. The number of nitrogens with two attached hydrogens (primary N) is 1. The van der Waals surface area contributed by atoms with Gasteiger partial charge in [-0.25, -0.2) is 0 Å². The zero-order valence-electron chi connectivity index (χ0n) is 10.7. The normalized spacial score (nSPS) is 17.0. The fourth-order valence-corrected chi connectivity index (χ4v) is 2.82. The number of hydrogen-bond acceptors (Lipinski definition) is 1. The van der Waals surface area contributed by atoms with E-state index in [0.29, 0.717) is 5.92 Å². The van der Waals surface area contributed by atoms with Gasteiger partial charge in [0.25, 0.3) is 0 Å². The topological polar surface area (TPSA) is 26.0 Å². The summed E-state index contributed by atoms with van der Waals surface area (Å²) < 4.78 is 0. The minimum Gasteiger partial charge on any atom is -0.324 e. The van der Waals surface area contributed by atoms with Gasteiger partial charge in [-0.15, -0.1) is 12.4 Å². The summed E-state index contributed by atoms with van der Waals surface area (Å²) in [6, 6.07) is 13.3. The van der Waals surface area contributed by atoms with Gasteiger partial charge in [-0.3, -0.25) is 0 Å². The standard InChI is InChI=1S/C16H19N.ClH/c1-11-9-10-15(16(17)12-5-4-6-12)14-8-3-2-7-13(11)14;/h2-3,7-10,12,16H,4-6,17H2,1H3;1H/t16-;/m1./s1. The molecule has 2 aromatic carbocycles. The molecule has 2 aromatic rings. The fourth-order valence-electron chi connectivity index (χ4n) is 2.82. The third-order valence-corrected chi connectivity index (χ3v) is 4.19. The van der Waals surface area contributed by atoms with Crippen molar-refractivity contribution in [3.8, 4) is 0 Å². The molecule has 2 heteroatoms. The highest BCUT2D eigenvalue weighted by molar-refractivity contribution is 5.88. The number of benzene rings is 2. The molecule has 1 nitrogen and oxygen atoms in total. The first kappa shape index (κ1) is 13.4. The smallest absolute Gasteiger partial charge is 0.0329 e. The van der Waals surface area contributed by atoms with Gasteiger partial charge in [-0.2, -0.15) is 0 Å². The molecule has 1 atom stereocenters. The first-order chi connectivity index (χ1) is 8.27. The molecule has 1 aliphatic rings. The molecule has 3 rings (SSSR count). The molecule has 0 amide bonds. The van der Waals surface area contributed by atoms with Crippen LogP contribution >= 0.6 is 12.4 Å². The highest BCUT2D eigenvalue weighted by Gasteiger charge is 2.26. The molecule has 1 saturated carbocycles. The molecule has 0 spiro atoms. The molecule has 0 bridgehead atoms. The lowest BCUT2D eigenvalue weighted by atomic mass is 9.76. The monoisotopic (exact) mass is 261 g/mol. The second-order valence-corrected chi connectivity index (χ2v) is 5.23. The molecule has 0 heterocycles. The summed E-state index contributed by atoms with van der Waals surface area (Å²) in [5.74, 6) is 0.695. The summed E-state index contributed by atoms with van der Waals surface area (Å²) in [6.07, 6.45) is 3.94. The van der Waals surface area contributed by atoms with Crippen molar-refractivity contribution in [3.05, 3.63) is 47.5 Å². The van der Waals surface area contributed by atoms with E-state index in [1.165, 1.54) is 41.2 Å². The molecule has 0 radical (unpaired) electrons. The quantitative estimate of drug-likeness (QED) is 0.854. The van der Waals surface area contributed by atoms with E-state index in [9.17, 15) is 0 Å². The zero-order valence-corrected chi connectivity index (χ0v) is 11.5. The highest BCUT2D eigenvalue weighted by Crippen LogP contribution is 2.38. The van der Waals surface area contributed by atoms with Crippen molar-refractivity contribution in [1.29, 1.82) is 0 Å². The molecule has 0 aliphatic heterocycles. The molecular formula is C16H20ClN. The molecule has 0 unspecified atom stereocenters. The summed E-state index contributed by atoms with van der Waals surface area (Å²) in [7, 11) is 0. The molecular weight excluding hydrogens is 242 g/mol. The average Bonchev–Trinajstić information content (AvgIpc) is 2.27. The first-order valence-electron chi connectivity index (χ1n) is 6.51. The maximum Gasteiger partial charge on any atom is 0.0329 e. The van der Waals surface area contributed by atoms with Crippen LogP contribution in [-0.2, 0) is 0 Å². The van der Waals surface area contributed by atoms with Crippen molar-refractivity contribution in [2.24, 2.45) is 11.7 Å². The van der Waals surface area contributed by atoms with Crippen LogP contribution in [0, 0.1) is 12.8 Å². The third kappa shape index (κ3) is 2.13. The van der Waals surface area contributed by atoms with E-state index in [1.54, 1.807) is 0 Å². The van der Waals surface area contributed by atoms with Gasteiger partial charge in [0, 0.05) is 6.04 Å².